The highest BCUT2D eigenvalue weighted by atomic mass is 16.3. The molecule has 2 N–H and O–H groups in total. The maximum Gasteiger partial charge on any atom is 0.120 e. The predicted octanol–water partition coefficient (Wildman–Crippen LogP) is 2.66. The summed E-state index contributed by atoms with van der Waals surface area (Å²) in [5.41, 5.74) is 2.54. The highest BCUT2D eigenvalue weighted by molar-refractivity contribution is 5.50. The van der Waals surface area contributed by atoms with Crippen LogP contribution in [0.1, 0.15) is 32.0 Å². The quantitative estimate of drug-likeness (QED) is 0.890. The van der Waals surface area contributed by atoms with Gasteiger partial charge in [-0.1, -0.05) is 11.3 Å². The van der Waals surface area contributed by atoms with E-state index in [-0.39, 0.29) is 5.54 Å². The number of phenolic OH excluding ortho intramolecular Hbond substituents is 1. The van der Waals surface area contributed by atoms with E-state index >= 15 is 0 Å². The third-order valence-electron chi connectivity index (χ3n) is 2.91. The zero-order chi connectivity index (χ0) is 14.0. The number of aromatic nitrogens is 3. The van der Waals surface area contributed by atoms with E-state index in [1.165, 1.54) is 0 Å². The van der Waals surface area contributed by atoms with Crippen LogP contribution in [0, 0.1) is 6.92 Å². The lowest BCUT2D eigenvalue weighted by Crippen LogP contribution is -2.22. The lowest BCUT2D eigenvalue weighted by molar-refractivity contribution is 0.347. The number of hydrogen-bond acceptors (Lipinski definition) is 4. The third-order valence-corrected chi connectivity index (χ3v) is 2.91. The molecule has 2 aromatic rings. The minimum atomic E-state index is -0.0621. The Morgan fingerprint density at radius 1 is 1.32 bits per heavy atom. The Kier molecular flexibility index (Phi) is 3.46. The Bertz CT molecular complexity index is 569. The lowest BCUT2D eigenvalue weighted by atomic mass is 10.1. The molecule has 0 unspecified atom stereocenters. The molecule has 19 heavy (non-hydrogen) atoms. The van der Waals surface area contributed by atoms with E-state index in [1.54, 1.807) is 6.07 Å². The minimum Gasteiger partial charge on any atom is -0.508 e. The van der Waals surface area contributed by atoms with E-state index in [0.29, 0.717) is 12.3 Å². The van der Waals surface area contributed by atoms with Crippen molar-refractivity contribution in [3.05, 3.63) is 35.7 Å². The van der Waals surface area contributed by atoms with Crippen molar-refractivity contribution in [2.45, 2.75) is 39.8 Å². The first-order chi connectivity index (χ1) is 8.86. The van der Waals surface area contributed by atoms with Gasteiger partial charge in [-0.25, -0.2) is 4.68 Å². The van der Waals surface area contributed by atoms with Crippen LogP contribution in [0.15, 0.2) is 24.4 Å². The summed E-state index contributed by atoms with van der Waals surface area (Å²) in [6.07, 6.45) is 1.93. The summed E-state index contributed by atoms with van der Waals surface area (Å²) in [6, 6.07) is 5.52. The molecule has 0 bridgehead atoms. The van der Waals surface area contributed by atoms with Crippen molar-refractivity contribution >= 4 is 5.69 Å². The summed E-state index contributed by atoms with van der Waals surface area (Å²) in [4.78, 5) is 0. The van der Waals surface area contributed by atoms with E-state index in [4.69, 9.17) is 0 Å². The van der Waals surface area contributed by atoms with Gasteiger partial charge in [0, 0.05) is 11.8 Å². The third kappa shape index (κ3) is 3.24. The van der Waals surface area contributed by atoms with Gasteiger partial charge in [-0.05, 0) is 39.3 Å². The number of aryl methyl sites for hydroxylation is 1. The topological polar surface area (TPSA) is 63.0 Å². The van der Waals surface area contributed by atoms with Crippen LogP contribution in [0.4, 0.5) is 5.69 Å². The predicted molar refractivity (Wildman–Crippen MR) is 75.2 cm³/mol. The number of rotatable bonds is 3. The van der Waals surface area contributed by atoms with Crippen LogP contribution in [-0.4, -0.2) is 20.1 Å². The van der Waals surface area contributed by atoms with Gasteiger partial charge < -0.3 is 10.4 Å². The second-order valence-electron chi connectivity index (χ2n) is 5.68. The van der Waals surface area contributed by atoms with Gasteiger partial charge in [-0.15, -0.1) is 5.10 Å². The Hall–Kier alpha value is -2.04. The molecule has 0 aliphatic carbocycles. The SMILES string of the molecule is Cc1ccc(NCc2cn(C(C)(C)C)nn2)cc1O. The fourth-order valence-corrected chi connectivity index (χ4v) is 1.62. The first kappa shape index (κ1) is 13.4. The second-order valence-corrected chi connectivity index (χ2v) is 5.68. The van der Waals surface area contributed by atoms with Gasteiger partial charge in [0.15, 0.2) is 0 Å². The normalized spacial score (nSPS) is 11.6. The van der Waals surface area contributed by atoms with E-state index < -0.39 is 0 Å². The average Bonchev–Trinajstić information content (AvgIpc) is 2.79. The number of aromatic hydroxyl groups is 1. The van der Waals surface area contributed by atoms with Crippen molar-refractivity contribution in [3.63, 3.8) is 0 Å². The molecule has 0 saturated heterocycles. The highest BCUT2D eigenvalue weighted by Gasteiger charge is 2.14. The van der Waals surface area contributed by atoms with Crippen molar-refractivity contribution in [1.82, 2.24) is 15.0 Å². The van der Waals surface area contributed by atoms with Gasteiger partial charge in [0.25, 0.3) is 0 Å². The smallest absolute Gasteiger partial charge is 0.120 e. The summed E-state index contributed by atoms with van der Waals surface area (Å²) in [7, 11) is 0. The Balaban J connectivity index is 2.02. The molecule has 0 saturated carbocycles. The molecule has 0 aliphatic rings. The van der Waals surface area contributed by atoms with Crippen LogP contribution in [-0.2, 0) is 12.1 Å². The minimum absolute atomic E-state index is 0.0621. The van der Waals surface area contributed by atoms with Crippen molar-refractivity contribution < 1.29 is 5.11 Å². The van der Waals surface area contributed by atoms with Crippen LogP contribution in [0.5, 0.6) is 5.75 Å². The maximum absolute atomic E-state index is 9.64. The second kappa shape index (κ2) is 4.91. The number of anilines is 1. The molecule has 1 heterocycles. The van der Waals surface area contributed by atoms with Crippen molar-refractivity contribution in [3.8, 4) is 5.75 Å². The van der Waals surface area contributed by atoms with Crippen molar-refractivity contribution in [2.75, 3.05) is 5.32 Å². The molecule has 0 atom stereocenters. The summed E-state index contributed by atoms with van der Waals surface area (Å²) in [5, 5.41) is 21.1. The van der Waals surface area contributed by atoms with Crippen molar-refractivity contribution in [2.24, 2.45) is 0 Å². The van der Waals surface area contributed by atoms with E-state index in [9.17, 15) is 5.11 Å². The molecule has 102 valence electrons. The molecular formula is C14H20N4O. The average molecular weight is 260 g/mol. The Morgan fingerprint density at radius 3 is 2.63 bits per heavy atom. The Morgan fingerprint density at radius 2 is 2.05 bits per heavy atom. The van der Waals surface area contributed by atoms with Crippen LogP contribution in [0.25, 0.3) is 0 Å². The van der Waals surface area contributed by atoms with E-state index in [1.807, 2.05) is 29.9 Å². The van der Waals surface area contributed by atoms with Crippen LogP contribution in [0.3, 0.4) is 0 Å². The zero-order valence-corrected chi connectivity index (χ0v) is 11.8. The van der Waals surface area contributed by atoms with Gasteiger partial charge in [0.2, 0.25) is 0 Å². The van der Waals surface area contributed by atoms with Crippen LogP contribution < -0.4 is 5.32 Å². The molecule has 0 aliphatic heterocycles. The number of nitrogens with zero attached hydrogens (tertiary/aromatic N) is 3. The molecule has 1 aromatic heterocycles. The molecule has 5 heteroatoms. The molecule has 0 amide bonds. The standard InChI is InChI=1S/C14H20N4O/c1-10-5-6-11(7-13(10)19)15-8-12-9-18(17-16-12)14(2,3)4/h5-7,9,15,19H,8H2,1-4H3. The molecule has 2 rings (SSSR count). The Labute approximate surface area is 113 Å². The fraction of sp³-hybridized carbons (Fsp3) is 0.429. The number of benzene rings is 1. The van der Waals surface area contributed by atoms with Gasteiger partial charge in [-0.3, -0.25) is 0 Å². The molecular weight excluding hydrogens is 240 g/mol. The fourth-order valence-electron chi connectivity index (χ4n) is 1.62. The highest BCUT2D eigenvalue weighted by Crippen LogP contribution is 2.21. The summed E-state index contributed by atoms with van der Waals surface area (Å²) in [6.45, 7) is 8.69. The molecule has 0 fully saturated rings. The number of phenols is 1. The van der Waals surface area contributed by atoms with E-state index in [0.717, 1.165) is 16.9 Å². The first-order valence-corrected chi connectivity index (χ1v) is 6.31. The number of hydrogen-bond donors (Lipinski definition) is 2. The monoisotopic (exact) mass is 260 g/mol. The van der Waals surface area contributed by atoms with Crippen LogP contribution >= 0.6 is 0 Å². The van der Waals surface area contributed by atoms with Gasteiger partial charge in [0.1, 0.15) is 11.4 Å². The molecule has 0 radical (unpaired) electrons. The van der Waals surface area contributed by atoms with Gasteiger partial charge in [-0.2, -0.15) is 0 Å². The number of nitrogens with one attached hydrogen (secondary N) is 1. The lowest BCUT2D eigenvalue weighted by Gasteiger charge is -2.17. The van der Waals surface area contributed by atoms with Gasteiger partial charge in [0.05, 0.1) is 18.3 Å². The summed E-state index contributed by atoms with van der Waals surface area (Å²) >= 11 is 0. The first-order valence-electron chi connectivity index (χ1n) is 6.31. The maximum atomic E-state index is 9.64. The molecule has 0 spiro atoms. The summed E-state index contributed by atoms with van der Waals surface area (Å²) in [5.74, 6) is 0.295. The van der Waals surface area contributed by atoms with E-state index in [2.05, 4.69) is 36.4 Å². The largest absolute Gasteiger partial charge is 0.508 e. The van der Waals surface area contributed by atoms with Gasteiger partial charge >= 0.3 is 0 Å². The van der Waals surface area contributed by atoms with Crippen LogP contribution in [0.2, 0.25) is 0 Å². The van der Waals surface area contributed by atoms with Crippen molar-refractivity contribution in [1.29, 1.82) is 0 Å². The molecule has 5 nitrogen and oxygen atoms in total. The summed E-state index contributed by atoms with van der Waals surface area (Å²) < 4.78 is 1.84. The molecule has 1 aromatic carbocycles. The zero-order valence-electron chi connectivity index (χ0n) is 11.8.